The molecule has 0 aliphatic carbocycles. The fourth-order valence-electron chi connectivity index (χ4n) is 1.51. The molecular weight excluding hydrogens is 198 g/mol. The molecule has 0 amide bonds. The van der Waals surface area contributed by atoms with Crippen molar-refractivity contribution in [3.05, 3.63) is 35.0 Å². The van der Waals surface area contributed by atoms with Gasteiger partial charge in [0.15, 0.2) is 0 Å². The van der Waals surface area contributed by atoms with E-state index in [1.807, 2.05) is 25.1 Å². The molecule has 72 valence electrons. The van der Waals surface area contributed by atoms with Crippen LogP contribution in [0.3, 0.4) is 0 Å². The number of benzene rings is 1. The smallest absolute Gasteiger partial charge is 0.129 e. The van der Waals surface area contributed by atoms with E-state index < -0.39 is 0 Å². The lowest BCUT2D eigenvalue weighted by Gasteiger charge is -2.07. The summed E-state index contributed by atoms with van der Waals surface area (Å²) < 4.78 is 5.21. The Hall–Kier alpha value is -1.28. The van der Waals surface area contributed by atoms with Crippen molar-refractivity contribution >= 4 is 22.5 Å². The van der Waals surface area contributed by atoms with Crippen LogP contribution in [-0.4, -0.2) is 12.1 Å². The number of fused-ring (bicyclic) bond motifs is 1. The summed E-state index contributed by atoms with van der Waals surface area (Å²) in [6.45, 7) is 1.98. The molecule has 2 aromatic rings. The molecule has 14 heavy (non-hydrogen) atoms. The van der Waals surface area contributed by atoms with Gasteiger partial charge in [-0.15, -0.1) is 0 Å². The largest absolute Gasteiger partial charge is 0.496 e. The number of hydrogen-bond donors (Lipinski definition) is 0. The van der Waals surface area contributed by atoms with Crippen LogP contribution in [0.1, 0.15) is 5.56 Å². The second-order valence-electron chi connectivity index (χ2n) is 3.10. The van der Waals surface area contributed by atoms with Gasteiger partial charge in [-0.3, -0.25) is 0 Å². The molecular formula is C11H10ClNO. The van der Waals surface area contributed by atoms with Gasteiger partial charge in [0.05, 0.1) is 12.6 Å². The lowest BCUT2D eigenvalue weighted by Crippen LogP contribution is -1.90. The van der Waals surface area contributed by atoms with Crippen LogP contribution in [0.5, 0.6) is 5.75 Å². The zero-order valence-electron chi connectivity index (χ0n) is 8.04. The highest BCUT2D eigenvalue weighted by molar-refractivity contribution is 6.29. The van der Waals surface area contributed by atoms with Gasteiger partial charge in [-0.1, -0.05) is 11.6 Å². The van der Waals surface area contributed by atoms with E-state index in [1.54, 1.807) is 13.2 Å². The Morgan fingerprint density at radius 2 is 1.93 bits per heavy atom. The average Bonchev–Trinajstić information content (AvgIpc) is 2.20. The summed E-state index contributed by atoms with van der Waals surface area (Å²) in [5.41, 5.74) is 1.92. The fraction of sp³-hybridized carbons (Fsp3) is 0.182. The van der Waals surface area contributed by atoms with Crippen molar-refractivity contribution in [2.45, 2.75) is 6.92 Å². The molecule has 2 rings (SSSR count). The molecule has 0 radical (unpaired) electrons. The first-order chi connectivity index (χ1) is 6.72. The van der Waals surface area contributed by atoms with Gasteiger partial charge in [-0.05, 0) is 31.2 Å². The quantitative estimate of drug-likeness (QED) is 0.670. The number of halogens is 1. The van der Waals surface area contributed by atoms with Gasteiger partial charge in [0, 0.05) is 10.9 Å². The van der Waals surface area contributed by atoms with Gasteiger partial charge in [0.2, 0.25) is 0 Å². The Balaban J connectivity index is 2.79. The Kier molecular flexibility index (Phi) is 2.30. The highest BCUT2D eigenvalue weighted by Crippen LogP contribution is 2.26. The zero-order chi connectivity index (χ0) is 10.1. The molecule has 0 bridgehead atoms. The summed E-state index contributed by atoms with van der Waals surface area (Å²) in [7, 11) is 1.65. The van der Waals surface area contributed by atoms with Crippen molar-refractivity contribution in [2.24, 2.45) is 0 Å². The summed E-state index contributed by atoms with van der Waals surface area (Å²) in [5.74, 6) is 0.840. The lowest BCUT2D eigenvalue weighted by molar-refractivity contribution is 0.412. The van der Waals surface area contributed by atoms with E-state index >= 15 is 0 Å². The van der Waals surface area contributed by atoms with E-state index in [9.17, 15) is 0 Å². The topological polar surface area (TPSA) is 22.1 Å². The number of pyridine rings is 1. The van der Waals surface area contributed by atoms with Crippen molar-refractivity contribution in [3.8, 4) is 5.75 Å². The molecule has 0 spiro atoms. The van der Waals surface area contributed by atoms with Crippen LogP contribution >= 0.6 is 11.6 Å². The first kappa shape index (κ1) is 9.28. The van der Waals surface area contributed by atoms with Crippen LogP contribution in [0.2, 0.25) is 5.15 Å². The molecule has 1 heterocycles. The van der Waals surface area contributed by atoms with Gasteiger partial charge in [0.1, 0.15) is 10.9 Å². The number of hydrogen-bond acceptors (Lipinski definition) is 2. The maximum Gasteiger partial charge on any atom is 0.129 e. The van der Waals surface area contributed by atoms with Crippen molar-refractivity contribution in [1.29, 1.82) is 0 Å². The molecule has 0 fully saturated rings. The predicted octanol–water partition coefficient (Wildman–Crippen LogP) is 3.21. The minimum absolute atomic E-state index is 0.508. The number of rotatable bonds is 1. The van der Waals surface area contributed by atoms with E-state index in [-0.39, 0.29) is 0 Å². The molecule has 1 aromatic carbocycles. The summed E-state index contributed by atoms with van der Waals surface area (Å²) in [6, 6.07) is 7.66. The first-order valence-corrected chi connectivity index (χ1v) is 4.70. The maximum absolute atomic E-state index is 5.83. The van der Waals surface area contributed by atoms with Crippen molar-refractivity contribution in [2.75, 3.05) is 7.11 Å². The molecule has 0 saturated carbocycles. The third-order valence-corrected chi connectivity index (χ3v) is 2.46. The number of methoxy groups -OCH3 is 1. The van der Waals surface area contributed by atoms with Crippen molar-refractivity contribution in [3.63, 3.8) is 0 Å². The van der Waals surface area contributed by atoms with E-state index in [0.29, 0.717) is 5.15 Å². The van der Waals surface area contributed by atoms with Gasteiger partial charge < -0.3 is 4.74 Å². The van der Waals surface area contributed by atoms with Gasteiger partial charge in [-0.25, -0.2) is 4.98 Å². The molecule has 0 aliphatic heterocycles. The number of aryl methyl sites for hydroxylation is 1. The van der Waals surface area contributed by atoms with Gasteiger partial charge in [0.25, 0.3) is 0 Å². The maximum atomic E-state index is 5.83. The van der Waals surface area contributed by atoms with Gasteiger partial charge in [-0.2, -0.15) is 0 Å². The standard InChI is InChI=1S/C11H10ClNO/c1-7-9(14-2)5-3-8-4-6-10(12)13-11(7)8/h3-6H,1-2H3. The summed E-state index contributed by atoms with van der Waals surface area (Å²) >= 11 is 5.83. The normalized spacial score (nSPS) is 10.5. The Labute approximate surface area is 87.5 Å². The zero-order valence-corrected chi connectivity index (χ0v) is 8.80. The molecule has 0 unspecified atom stereocenters. The van der Waals surface area contributed by atoms with Crippen LogP contribution in [0.25, 0.3) is 10.9 Å². The van der Waals surface area contributed by atoms with E-state index in [1.165, 1.54) is 0 Å². The molecule has 3 heteroatoms. The third-order valence-electron chi connectivity index (χ3n) is 2.25. The fourth-order valence-corrected chi connectivity index (χ4v) is 1.66. The summed E-state index contributed by atoms with van der Waals surface area (Å²) in [5, 5.41) is 1.58. The van der Waals surface area contributed by atoms with E-state index in [2.05, 4.69) is 4.98 Å². The molecule has 2 nitrogen and oxygen atoms in total. The molecule has 0 atom stereocenters. The third kappa shape index (κ3) is 1.42. The lowest BCUT2D eigenvalue weighted by atomic mass is 10.1. The summed E-state index contributed by atoms with van der Waals surface area (Å²) in [6.07, 6.45) is 0. The second kappa shape index (κ2) is 3.46. The Morgan fingerprint density at radius 3 is 2.64 bits per heavy atom. The summed E-state index contributed by atoms with van der Waals surface area (Å²) in [4.78, 5) is 4.27. The Morgan fingerprint density at radius 1 is 1.21 bits per heavy atom. The number of ether oxygens (including phenoxy) is 1. The molecule has 0 N–H and O–H groups in total. The second-order valence-corrected chi connectivity index (χ2v) is 3.49. The molecule has 1 aromatic heterocycles. The Bertz CT molecular complexity index is 482. The first-order valence-electron chi connectivity index (χ1n) is 4.32. The number of nitrogens with zero attached hydrogens (tertiary/aromatic N) is 1. The number of aromatic nitrogens is 1. The van der Waals surface area contributed by atoms with Crippen molar-refractivity contribution in [1.82, 2.24) is 4.98 Å². The predicted molar refractivity (Wildman–Crippen MR) is 58.0 cm³/mol. The highest BCUT2D eigenvalue weighted by atomic mass is 35.5. The minimum atomic E-state index is 0.508. The SMILES string of the molecule is COc1ccc2ccc(Cl)nc2c1C. The molecule has 0 aliphatic rings. The van der Waals surface area contributed by atoms with Crippen LogP contribution in [0.15, 0.2) is 24.3 Å². The van der Waals surface area contributed by atoms with Crippen LogP contribution < -0.4 is 4.74 Å². The minimum Gasteiger partial charge on any atom is -0.496 e. The van der Waals surface area contributed by atoms with Crippen LogP contribution in [0.4, 0.5) is 0 Å². The van der Waals surface area contributed by atoms with Crippen molar-refractivity contribution < 1.29 is 4.74 Å². The van der Waals surface area contributed by atoms with Gasteiger partial charge >= 0.3 is 0 Å². The monoisotopic (exact) mass is 207 g/mol. The van der Waals surface area contributed by atoms with Crippen LogP contribution in [-0.2, 0) is 0 Å². The average molecular weight is 208 g/mol. The highest BCUT2D eigenvalue weighted by Gasteiger charge is 2.04. The van der Waals surface area contributed by atoms with E-state index in [0.717, 1.165) is 22.2 Å². The van der Waals surface area contributed by atoms with E-state index in [4.69, 9.17) is 16.3 Å². The molecule has 0 saturated heterocycles. The van der Waals surface area contributed by atoms with Crippen LogP contribution in [0, 0.1) is 6.92 Å².